The Hall–Kier alpha value is -4.62. The summed E-state index contributed by atoms with van der Waals surface area (Å²) in [7, 11) is 0. The molecule has 14 heteroatoms. The van der Waals surface area contributed by atoms with Gasteiger partial charge in [-0.2, -0.15) is 0 Å². The Morgan fingerprint density at radius 1 is 0.957 bits per heavy atom. The predicted molar refractivity (Wildman–Crippen MR) is 168 cm³/mol. The van der Waals surface area contributed by atoms with E-state index in [2.05, 4.69) is 20.9 Å². The summed E-state index contributed by atoms with van der Waals surface area (Å²) < 4.78 is 5.38. The van der Waals surface area contributed by atoms with E-state index in [1.807, 2.05) is 38.1 Å². The van der Waals surface area contributed by atoms with Crippen LogP contribution in [0.5, 0.6) is 0 Å². The highest BCUT2D eigenvalue weighted by Crippen LogP contribution is 2.21. The minimum atomic E-state index is -1.56. The molecule has 1 fully saturated rings. The van der Waals surface area contributed by atoms with Crippen molar-refractivity contribution in [2.75, 3.05) is 6.54 Å². The summed E-state index contributed by atoms with van der Waals surface area (Å²) in [6, 6.07) is 2.37. The van der Waals surface area contributed by atoms with Gasteiger partial charge in [0, 0.05) is 30.1 Å². The van der Waals surface area contributed by atoms with Gasteiger partial charge in [0.1, 0.15) is 29.8 Å². The molecule has 3 rings (SSSR count). The number of ether oxygens (including phenoxy) is 1. The molecule has 252 valence electrons. The monoisotopic (exact) mass is 643 g/mol. The van der Waals surface area contributed by atoms with Crippen molar-refractivity contribution in [3.63, 3.8) is 0 Å². The number of aromatic nitrogens is 1. The molecule has 1 aromatic carbocycles. The van der Waals surface area contributed by atoms with Crippen LogP contribution in [0.2, 0.25) is 0 Å². The number of likely N-dealkylation sites (tertiary alicyclic amines) is 1. The molecule has 0 spiro atoms. The van der Waals surface area contributed by atoms with E-state index in [1.54, 1.807) is 27.0 Å². The lowest BCUT2D eigenvalue weighted by atomic mass is 9.99. The first-order valence-corrected chi connectivity index (χ1v) is 15.5. The lowest BCUT2D eigenvalue weighted by Gasteiger charge is -2.35. The Labute approximate surface area is 267 Å². The molecule has 46 heavy (non-hydrogen) atoms. The quantitative estimate of drug-likeness (QED) is 0.189. The number of carboxylic acid groups (broad SMARTS) is 2. The number of carboxylic acids is 2. The highest BCUT2D eigenvalue weighted by molar-refractivity contribution is 5.96. The Morgan fingerprint density at radius 3 is 2.24 bits per heavy atom. The number of nitrogens with zero attached hydrogens (tertiary/aromatic N) is 1. The summed E-state index contributed by atoms with van der Waals surface area (Å²) in [6.07, 6.45) is 1.64. The Bertz CT molecular complexity index is 1430. The second kappa shape index (κ2) is 15.6. The normalized spacial score (nSPS) is 17.1. The van der Waals surface area contributed by atoms with Crippen molar-refractivity contribution in [2.45, 2.75) is 103 Å². The second-order valence-electron chi connectivity index (χ2n) is 13.0. The number of hydrogen-bond acceptors (Lipinski definition) is 7. The molecule has 0 radical (unpaired) electrons. The van der Waals surface area contributed by atoms with Gasteiger partial charge in [0.25, 0.3) is 0 Å². The highest BCUT2D eigenvalue weighted by atomic mass is 16.6. The van der Waals surface area contributed by atoms with Crippen molar-refractivity contribution in [1.29, 1.82) is 0 Å². The van der Waals surface area contributed by atoms with E-state index < -0.39 is 71.9 Å². The SMILES string of the molecule is CC(C)C[C@H](NC(=O)[C@H](Cc1c[nH]c2ccccc12)NC(=O)OC(C)(C)C)C(=O)N[C@@H](CC(=O)O)C(=O)N1CCCCC1C(=O)O. The number of piperidine rings is 1. The molecule has 6 N–H and O–H groups in total. The molecule has 1 aliphatic heterocycles. The smallest absolute Gasteiger partial charge is 0.408 e. The minimum Gasteiger partial charge on any atom is -0.481 e. The largest absolute Gasteiger partial charge is 0.481 e. The van der Waals surface area contributed by atoms with Crippen molar-refractivity contribution in [1.82, 2.24) is 25.8 Å². The maximum absolute atomic E-state index is 13.8. The molecule has 0 saturated carbocycles. The van der Waals surface area contributed by atoms with Crippen molar-refractivity contribution in [3.8, 4) is 0 Å². The van der Waals surface area contributed by atoms with E-state index in [-0.39, 0.29) is 31.7 Å². The summed E-state index contributed by atoms with van der Waals surface area (Å²) in [6.45, 7) is 8.80. The van der Waals surface area contributed by atoms with E-state index >= 15 is 0 Å². The third-order valence-electron chi connectivity index (χ3n) is 7.51. The van der Waals surface area contributed by atoms with Crippen LogP contribution in [-0.2, 0) is 35.1 Å². The molecule has 1 saturated heterocycles. The van der Waals surface area contributed by atoms with Gasteiger partial charge in [0.15, 0.2) is 0 Å². The van der Waals surface area contributed by atoms with Crippen molar-refractivity contribution in [3.05, 3.63) is 36.0 Å². The third-order valence-corrected chi connectivity index (χ3v) is 7.51. The summed E-state index contributed by atoms with van der Waals surface area (Å²) in [5.41, 5.74) is 0.725. The van der Waals surface area contributed by atoms with Gasteiger partial charge < -0.3 is 40.8 Å². The van der Waals surface area contributed by atoms with Crippen molar-refractivity contribution in [2.24, 2.45) is 5.92 Å². The molecule has 2 aromatic rings. The molecule has 2 heterocycles. The Balaban J connectivity index is 1.85. The number of rotatable bonds is 13. The fourth-order valence-corrected chi connectivity index (χ4v) is 5.45. The van der Waals surface area contributed by atoms with E-state index in [0.29, 0.717) is 12.8 Å². The van der Waals surface area contributed by atoms with Gasteiger partial charge in [-0.15, -0.1) is 0 Å². The number of amides is 4. The van der Waals surface area contributed by atoms with Crippen LogP contribution in [-0.4, -0.2) is 92.2 Å². The summed E-state index contributed by atoms with van der Waals surface area (Å²) in [4.78, 5) is 81.3. The molecule has 4 atom stereocenters. The van der Waals surface area contributed by atoms with Crippen LogP contribution in [0.1, 0.15) is 72.3 Å². The van der Waals surface area contributed by atoms with Crippen LogP contribution in [0, 0.1) is 5.92 Å². The van der Waals surface area contributed by atoms with Gasteiger partial charge in [-0.05, 0) is 64.0 Å². The molecule has 1 aromatic heterocycles. The van der Waals surface area contributed by atoms with Crippen LogP contribution >= 0.6 is 0 Å². The van der Waals surface area contributed by atoms with Crippen LogP contribution in [0.25, 0.3) is 10.9 Å². The number of carbonyl (C=O) groups is 6. The number of nitrogens with one attached hydrogen (secondary N) is 4. The van der Waals surface area contributed by atoms with E-state index in [4.69, 9.17) is 4.74 Å². The standard InChI is InChI=1S/C32H45N5O9/c1-18(2)14-22(27(40)35-24(16-26(38)39)29(42)37-13-9-8-12-25(37)30(43)44)34-28(41)23(36-31(45)46-32(3,4)5)15-19-17-33-21-11-7-6-10-20(19)21/h6-7,10-11,17-18,22-25,33H,8-9,12-16H2,1-5H3,(H,34,41)(H,35,40)(H,36,45)(H,38,39)(H,43,44)/t22-,23-,24-,25?/m0/s1. The van der Waals surface area contributed by atoms with Gasteiger partial charge >= 0.3 is 18.0 Å². The second-order valence-corrected chi connectivity index (χ2v) is 13.0. The molecule has 1 aliphatic rings. The number of para-hydroxylation sites is 1. The first-order chi connectivity index (χ1) is 21.6. The highest BCUT2D eigenvalue weighted by Gasteiger charge is 2.38. The number of H-pyrrole nitrogens is 1. The molecular weight excluding hydrogens is 598 g/mol. The number of hydrogen-bond donors (Lipinski definition) is 6. The van der Waals surface area contributed by atoms with Gasteiger partial charge in [0.2, 0.25) is 17.7 Å². The number of fused-ring (bicyclic) bond motifs is 1. The third kappa shape index (κ3) is 10.2. The molecular formula is C32H45N5O9. The number of aliphatic carboxylic acids is 2. The van der Waals surface area contributed by atoms with Crippen molar-refractivity contribution >= 4 is 46.7 Å². The van der Waals surface area contributed by atoms with Gasteiger partial charge in [0.05, 0.1) is 6.42 Å². The summed E-state index contributed by atoms with van der Waals surface area (Å²) in [5, 5.41) is 27.7. The summed E-state index contributed by atoms with van der Waals surface area (Å²) in [5.74, 6) is -5.02. The zero-order valence-corrected chi connectivity index (χ0v) is 26.9. The predicted octanol–water partition coefficient (Wildman–Crippen LogP) is 2.56. The topological polar surface area (TPSA) is 207 Å². The molecule has 1 unspecified atom stereocenters. The average molecular weight is 644 g/mol. The average Bonchev–Trinajstić information content (AvgIpc) is 3.36. The zero-order chi connectivity index (χ0) is 34.2. The Kier molecular flexibility index (Phi) is 12.2. The fraction of sp³-hybridized carbons (Fsp3) is 0.562. The van der Waals surface area contributed by atoms with E-state index in [1.165, 1.54) is 0 Å². The van der Waals surface area contributed by atoms with Crippen LogP contribution in [0.3, 0.4) is 0 Å². The lowest BCUT2D eigenvalue weighted by molar-refractivity contribution is -0.154. The van der Waals surface area contributed by atoms with Crippen LogP contribution in [0.4, 0.5) is 4.79 Å². The number of alkyl carbamates (subject to hydrolysis) is 1. The maximum Gasteiger partial charge on any atom is 0.408 e. The molecule has 14 nitrogen and oxygen atoms in total. The Morgan fingerprint density at radius 2 is 1.61 bits per heavy atom. The van der Waals surface area contributed by atoms with Crippen molar-refractivity contribution < 1.29 is 43.7 Å². The van der Waals surface area contributed by atoms with Gasteiger partial charge in [-0.1, -0.05) is 32.0 Å². The molecule has 4 amide bonds. The molecule has 0 bridgehead atoms. The zero-order valence-electron chi connectivity index (χ0n) is 26.9. The number of benzene rings is 1. The first-order valence-electron chi connectivity index (χ1n) is 15.5. The van der Waals surface area contributed by atoms with Gasteiger partial charge in [-0.3, -0.25) is 19.2 Å². The van der Waals surface area contributed by atoms with Gasteiger partial charge in [-0.25, -0.2) is 9.59 Å². The fourth-order valence-electron chi connectivity index (χ4n) is 5.45. The number of carbonyl (C=O) groups excluding carboxylic acids is 4. The summed E-state index contributed by atoms with van der Waals surface area (Å²) >= 11 is 0. The first kappa shape index (κ1) is 35.9. The molecule has 0 aliphatic carbocycles. The minimum absolute atomic E-state index is 0.0524. The van der Waals surface area contributed by atoms with Crippen LogP contribution in [0.15, 0.2) is 30.5 Å². The van der Waals surface area contributed by atoms with Crippen LogP contribution < -0.4 is 16.0 Å². The van der Waals surface area contributed by atoms with E-state index in [9.17, 15) is 39.0 Å². The lowest BCUT2D eigenvalue weighted by Crippen LogP contribution is -2.59. The van der Waals surface area contributed by atoms with E-state index in [0.717, 1.165) is 21.4 Å². The maximum atomic E-state index is 13.8. The number of aromatic amines is 1.